The van der Waals surface area contributed by atoms with Gasteiger partial charge in [0.2, 0.25) is 5.91 Å². The minimum atomic E-state index is -0.290. The van der Waals surface area contributed by atoms with Gasteiger partial charge in [-0.15, -0.1) is 0 Å². The second-order valence-electron chi connectivity index (χ2n) is 6.33. The molecule has 0 aliphatic heterocycles. The largest absolute Gasteiger partial charge is 0.497 e. The molecule has 0 aliphatic carbocycles. The molecular formula is C24H22N2O4. The summed E-state index contributed by atoms with van der Waals surface area (Å²) in [5.41, 5.74) is 2.01. The van der Waals surface area contributed by atoms with E-state index in [2.05, 4.69) is 10.6 Å². The molecule has 0 spiro atoms. The molecule has 2 amide bonds. The van der Waals surface area contributed by atoms with Crippen molar-refractivity contribution in [1.29, 1.82) is 0 Å². The second-order valence-corrected chi connectivity index (χ2v) is 6.33. The predicted octanol–water partition coefficient (Wildman–Crippen LogP) is 4.36. The molecule has 3 aromatic carbocycles. The van der Waals surface area contributed by atoms with Crippen LogP contribution < -0.4 is 20.1 Å². The van der Waals surface area contributed by atoms with Crippen LogP contribution in [0.15, 0.2) is 84.9 Å². The number of ether oxygens (including phenoxy) is 2. The highest BCUT2D eigenvalue weighted by molar-refractivity contribution is 6.02. The zero-order chi connectivity index (χ0) is 21.2. The number of hydrogen-bond acceptors (Lipinski definition) is 4. The maximum atomic E-state index is 12.2. The van der Waals surface area contributed by atoms with Gasteiger partial charge in [0.1, 0.15) is 11.5 Å². The Kier molecular flexibility index (Phi) is 7.22. The minimum absolute atomic E-state index is 0.106. The summed E-state index contributed by atoms with van der Waals surface area (Å²) in [5.74, 6) is 0.811. The van der Waals surface area contributed by atoms with E-state index in [4.69, 9.17) is 9.47 Å². The van der Waals surface area contributed by atoms with Crippen LogP contribution in [0.5, 0.6) is 11.5 Å². The topological polar surface area (TPSA) is 76.7 Å². The van der Waals surface area contributed by atoms with Gasteiger partial charge >= 0.3 is 0 Å². The maximum absolute atomic E-state index is 12.2. The minimum Gasteiger partial charge on any atom is -0.497 e. The number of carbonyl (C=O) groups is 2. The summed E-state index contributed by atoms with van der Waals surface area (Å²) in [6, 6.07) is 23.4. The SMILES string of the molecule is COc1ccc(/C=C/C(=O)Nc2cccc(NC(=O)COc3ccccc3)c2)cc1. The summed E-state index contributed by atoms with van der Waals surface area (Å²) in [4.78, 5) is 24.3. The molecule has 0 bridgehead atoms. The van der Waals surface area contributed by atoms with Gasteiger partial charge in [0.25, 0.3) is 5.91 Å². The van der Waals surface area contributed by atoms with Crippen LogP contribution in [-0.2, 0) is 9.59 Å². The first kappa shape index (κ1) is 20.7. The summed E-state index contributed by atoms with van der Waals surface area (Å²) >= 11 is 0. The van der Waals surface area contributed by atoms with Gasteiger partial charge < -0.3 is 20.1 Å². The molecule has 30 heavy (non-hydrogen) atoms. The molecule has 0 saturated carbocycles. The van der Waals surface area contributed by atoms with Crippen LogP contribution in [0.4, 0.5) is 11.4 Å². The van der Waals surface area contributed by atoms with Crippen molar-refractivity contribution in [2.24, 2.45) is 0 Å². The van der Waals surface area contributed by atoms with Gasteiger partial charge in [-0.3, -0.25) is 9.59 Å². The fraction of sp³-hybridized carbons (Fsp3) is 0.0833. The number of anilines is 2. The first-order valence-corrected chi connectivity index (χ1v) is 9.33. The second kappa shape index (κ2) is 10.5. The Hall–Kier alpha value is -4.06. The van der Waals surface area contributed by atoms with E-state index in [1.807, 2.05) is 42.5 Å². The summed E-state index contributed by atoms with van der Waals surface area (Å²) in [5, 5.41) is 5.52. The average Bonchev–Trinajstić information content (AvgIpc) is 2.77. The number of nitrogens with one attached hydrogen (secondary N) is 2. The normalized spacial score (nSPS) is 10.4. The van der Waals surface area contributed by atoms with Crippen molar-refractivity contribution in [3.63, 3.8) is 0 Å². The monoisotopic (exact) mass is 402 g/mol. The van der Waals surface area contributed by atoms with Crippen molar-refractivity contribution in [1.82, 2.24) is 0 Å². The van der Waals surface area contributed by atoms with Crippen molar-refractivity contribution < 1.29 is 19.1 Å². The van der Waals surface area contributed by atoms with Crippen LogP contribution in [0.1, 0.15) is 5.56 Å². The number of benzene rings is 3. The van der Waals surface area contributed by atoms with Crippen molar-refractivity contribution in [2.75, 3.05) is 24.4 Å². The lowest BCUT2D eigenvalue weighted by molar-refractivity contribution is -0.118. The molecule has 0 aromatic heterocycles. The van der Waals surface area contributed by atoms with Crippen molar-refractivity contribution >= 4 is 29.3 Å². The number of rotatable bonds is 8. The Bertz CT molecular complexity index is 1010. The van der Waals surface area contributed by atoms with Crippen molar-refractivity contribution in [3.05, 3.63) is 90.5 Å². The van der Waals surface area contributed by atoms with Crippen LogP contribution in [0.2, 0.25) is 0 Å². The predicted molar refractivity (Wildman–Crippen MR) is 118 cm³/mol. The van der Waals surface area contributed by atoms with E-state index in [1.54, 1.807) is 49.6 Å². The number of para-hydroxylation sites is 1. The third kappa shape index (κ3) is 6.53. The highest BCUT2D eigenvalue weighted by Gasteiger charge is 2.05. The lowest BCUT2D eigenvalue weighted by Gasteiger charge is -2.09. The van der Waals surface area contributed by atoms with E-state index in [1.165, 1.54) is 6.08 Å². The number of amides is 2. The van der Waals surface area contributed by atoms with E-state index in [-0.39, 0.29) is 18.4 Å². The van der Waals surface area contributed by atoms with Crippen molar-refractivity contribution in [3.8, 4) is 11.5 Å². The fourth-order valence-electron chi connectivity index (χ4n) is 2.61. The molecule has 2 N–H and O–H groups in total. The Balaban J connectivity index is 1.52. The van der Waals surface area contributed by atoms with Gasteiger partial charge in [0, 0.05) is 17.5 Å². The van der Waals surface area contributed by atoms with Gasteiger partial charge in [0.05, 0.1) is 7.11 Å². The molecule has 0 aliphatic rings. The Labute approximate surface area is 175 Å². The summed E-state index contributed by atoms with van der Waals surface area (Å²) in [7, 11) is 1.60. The quantitative estimate of drug-likeness (QED) is 0.549. The molecule has 3 aromatic rings. The molecule has 0 radical (unpaired) electrons. The Morgan fingerprint density at radius 3 is 2.23 bits per heavy atom. The van der Waals surface area contributed by atoms with E-state index >= 15 is 0 Å². The lowest BCUT2D eigenvalue weighted by atomic mass is 10.2. The number of carbonyl (C=O) groups excluding carboxylic acids is 2. The third-order valence-corrected chi connectivity index (χ3v) is 4.07. The zero-order valence-corrected chi connectivity index (χ0v) is 16.5. The number of methoxy groups -OCH3 is 1. The van der Waals surface area contributed by atoms with E-state index in [0.717, 1.165) is 11.3 Å². The molecule has 0 atom stereocenters. The molecule has 0 unspecified atom stereocenters. The lowest BCUT2D eigenvalue weighted by Crippen LogP contribution is -2.20. The molecule has 0 saturated heterocycles. The standard InChI is InChI=1S/C24H22N2O4/c1-29-21-13-10-18(11-14-21)12-15-23(27)25-19-6-5-7-20(16-19)26-24(28)17-30-22-8-3-2-4-9-22/h2-16H,17H2,1H3,(H,25,27)(H,26,28)/b15-12+. The van der Waals surface area contributed by atoms with Crippen LogP contribution in [-0.4, -0.2) is 25.5 Å². The molecule has 6 nitrogen and oxygen atoms in total. The third-order valence-electron chi connectivity index (χ3n) is 4.07. The first-order valence-electron chi connectivity index (χ1n) is 9.33. The highest BCUT2D eigenvalue weighted by Crippen LogP contribution is 2.16. The Morgan fingerprint density at radius 2 is 1.53 bits per heavy atom. The van der Waals surface area contributed by atoms with E-state index in [9.17, 15) is 9.59 Å². The van der Waals surface area contributed by atoms with Crippen molar-refractivity contribution in [2.45, 2.75) is 0 Å². The highest BCUT2D eigenvalue weighted by atomic mass is 16.5. The maximum Gasteiger partial charge on any atom is 0.262 e. The van der Waals surface area contributed by atoms with Gasteiger partial charge in [-0.05, 0) is 54.1 Å². The van der Waals surface area contributed by atoms with Gasteiger partial charge in [-0.1, -0.05) is 36.4 Å². The van der Waals surface area contributed by atoms with E-state index in [0.29, 0.717) is 17.1 Å². The van der Waals surface area contributed by atoms with E-state index < -0.39 is 0 Å². The smallest absolute Gasteiger partial charge is 0.262 e. The molecule has 3 rings (SSSR count). The summed E-state index contributed by atoms with van der Waals surface area (Å²) < 4.78 is 10.5. The first-order chi connectivity index (χ1) is 14.6. The van der Waals surface area contributed by atoms with Gasteiger partial charge in [-0.25, -0.2) is 0 Å². The van der Waals surface area contributed by atoms with Gasteiger partial charge in [-0.2, -0.15) is 0 Å². The summed E-state index contributed by atoms with van der Waals surface area (Å²) in [6.07, 6.45) is 3.15. The van der Waals surface area contributed by atoms with Crippen LogP contribution in [0.3, 0.4) is 0 Å². The molecule has 0 fully saturated rings. The van der Waals surface area contributed by atoms with Crippen LogP contribution >= 0.6 is 0 Å². The van der Waals surface area contributed by atoms with Crippen LogP contribution in [0.25, 0.3) is 6.08 Å². The molecule has 6 heteroatoms. The molecule has 0 heterocycles. The Morgan fingerprint density at radius 1 is 0.833 bits per heavy atom. The van der Waals surface area contributed by atoms with Crippen LogP contribution in [0, 0.1) is 0 Å². The summed E-state index contributed by atoms with van der Waals surface area (Å²) in [6.45, 7) is -0.106. The zero-order valence-electron chi connectivity index (χ0n) is 16.5. The fourth-order valence-corrected chi connectivity index (χ4v) is 2.61. The molecule has 152 valence electrons. The molecular weight excluding hydrogens is 380 g/mol. The van der Waals surface area contributed by atoms with Gasteiger partial charge in [0.15, 0.2) is 6.61 Å². The number of hydrogen-bond donors (Lipinski definition) is 2. The average molecular weight is 402 g/mol.